The molecule has 2 atom stereocenters. The van der Waals surface area contributed by atoms with Gasteiger partial charge in [-0.1, -0.05) is 6.07 Å². The summed E-state index contributed by atoms with van der Waals surface area (Å²) in [7, 11) is 0. The number of rotatable bonds is 3. The van der Waals surface area contributed by atoms with Gasteiger partial charge < -0.3 is 15.0 Å². The van der Waals surface area contributed by atoms with Gasteiger partial charge in [-0.05, 0) is 37.9 Å². The zero-order valence-corrected chi connectivity index (χ0v) is 10.7. The number of hydrogen-bond acceptors (Lipinski definition) is 4. The summed E-state index contributed by atoms with van der Waals surface area (Å²) in [6.45, 7) is 4.19. The van der Waals surface area contributed by atoms with Crippen LogP contribution in [0.4, 0.5) is 5.82 Å². The van der Waals surface area contributed by atoms with E-state index in [2.05, 4.69) is 21.3 Å². The lowest BCUT2D eigenvalue weighted by Gasteiger charge is -2.34. The number of nitrogens with zero attached hydrogens (tertiary/aromatic N) is 2. The average molecular weight is 247 g/mol. The quantitative estimate of drug-likeness (QED) is 0.877. The summed E-state index contributed by atoms with van der Waals surface area (Å²) in [5.41, 5.74) is 0. The van der Waals surface area contributed by atoms with Crippen LogP contribution in [-0.4, -0.2) is 43.4 Å². The minimum atomic E-state index is 0.366. The maximum Gasteiger partial charge on any atom is 0.128 e. The van der Waals surface area contributed by atoms with Crippen LogP contribution >= 0.6 is 0 Å². The van der Waals surface area contributed by atoms with Gasteiger partial charge in [0.1, 0.15) is 5.82 Å². The monoisotopic (exact) mass is 247 g/mol. The molecular weight excluding hydrogens is 226 g/mol. The van der Waals surface area contributed by atoms with Gasteiger partial charge in [0.2, 0.25) is 0 Å². The normalized spacial score (nSPS) is 28.6. The van der Waals surface area contributed by atoms with E-state index in [0.717, 1.165) is 38.4 Å². The number of hydrogen-bond donors (Lipinski definition) is 1. The van der Waals surface area contributed by atoms with Gasteiger partial charge in [-0.3, -0.25) is 0 Å². The Hall–Kier alpha value is -1.13. The van der Waals surface area contributed by atoms with Gasteiger partial charge in [0, 0.05) is 25.8 Å². The van der Waals surface area contributed by atoms with E-state index in [9.17, 15) is 0 Å². The van der Waals surface area contributed by atoms with Crippen LogP contribution in [0.5, 0.6) is 0 Å². The molecule has 4 nitrogen and oxygen atoms in total. The minimum absolute atomic E-state index is 0.366. The minimum Gasteiger partial charge on any atom is -0.372 e. The van der Waals surface area contributed by atoms with Gasteiger partial charge in [-0.25, -0.2) is 4.98 Å². The van der Waals surface area contributed by atoms with E-state index in [4.69, 9.17) is 4.74 Å². The van der Waals surface area contributed by atoms with Crippen molar-refractivity contribution < 1.29 is 4.74 Å². The molecule has 2 aliphatic heterocycles. The SMILES string of the molecule is c1ccc(N2CCCC(OC3CCNC3)C2)nc1. The fourth-order valence-corrected chi connectivity index (χ4v) is 2.81. The molecule has 0 spiro atoms. The van der Waals surface area contributed by atoms with E-state index in [1.165, 1.54) is 12.8 Å². The first-order chi connectivity index (χ1) is 8.92. The third-order valence-electron chi connectivity index (χ3n) is 3.75. The maximum atomic E-state index is 6.17. The summed E-state index contributed by atoms with van der Waals surface area (Å²) in [5.74, 6) is 1.08. The summed E-state index contributed by atoms with van der Waals surface area (Å²) in [6, 6.07) is 6.10. The molecule has 1 aromatic rings. The van der Waals surface area contributed by atoms with Crippen molar-refractivity contribution in [3.63, 3.8) is 0 Å². The van der Waals surface area contributed by atoms with E-state index < -0.39 is 0 Å². The Balaban J connectivity index is 1.58. The first-order valence-electron chi connectivity index (χ1n) is 6.94. The molecule has 0 amide bonds. The smallest absolute Gasteiger partial charge is 0.128 e. The summed E-state index contributed by atoms with van der Waals surface area (Å²) in [4.78, 5) is 6.77. The van der Waals surface area contributed by atoms with Crippen molar-refractivity contribution in [2.75, 3.05) is 31.1 Å². The number of pyridine rings is 1. The highest BCUT2D eigenvalue weighted by Crippen LogP contribution is 2.21. The predicted molar refractivity (Wildman–Crippen MR) is 71.8 cm³/mol. The Labute approximate surface area is 108 Å². The molecular formula is C14H21N3O. The summed E-state index contributed by atoms with van der Waals surface area (Å²) in [5, 5.41) is 3.35. The van der Waals surface area contributed by atoms with Crippen LogP contribution < -0.4 is 10.2 Å². The lowest BCUT2D eigenvalue weighted by Crippen LogP contribution is -2.42. The van der Waals surface area contributed by atoms with Crippen molar-refractivity contribution in [1.82, 2.24) is 10.3 Å². The molecule has 2 saturated heterocycles. The zero-order chi connectivity index (χ0) is 12.2. The molecule has 2 fully saturated rings. The van der Waals surface area contributed by atoms with Crippen molar-refractivity contribution in [3.8, 4) is 0 Å². The van der Waals surface area contributed by atoms with Crippen LogP contribution in [0.15, 0.2) is 24.4 Å². The summed E-state index contributed by atoms with van der Waals surface area (Å²) in [6.07, 6.45) is 6.17. The molecule has 2 unspecified atom stereocenters. The second-order valence-corrected chi connectivity index (χ2v) is 5.15. The Bertz CT molecular complexity index is 365. The van der Waals surface area contributed by atoms with E-state index in [1.54, 1.807) is 0 Å². The fraction of sp³-hybridized carbons (Fsp3) is 0.643. The molecule has 1 N–H and O–H groups in total. The van der Waals surface area contributed by atoms with E-state index >= 15 is 0 Å². The second kappa shape index (κ2) is 5.67. The highest BCUT2D eigenvalue weighted by atomic mass is 16.5. The number of nitrogens with one attached hydrogen (secondary N) is 1. The molecule has 18 heavy (non-hydrogen) atoms. The lowest BCUT2D eigenvalue weighted by atomic mass is 10.1. The summed E-state index contributed by atoms with van der Waals surface area (Å²) >= 11 is 0. The second-order valence-electron chi connectivity index (χ2n) is 5.15. The fourth-order valence-electron chi connectivity index (χ4n) is 2.81. The molecule has 0 radical (unpaired) electrons. The Kier molecular flexibility index (Phi) is 3.76. The number of ether oxygens (including phenoxy) is 1. The molecule has 1 aromatic heterocycles. The highest BCUT2D eigenvalue weighted by Gasteiger charge is 2.25. The summed E-state index contributed by atoms with van der Waals surface area (Å²) < 4.78 is 6.17. The molecule has 3 rings (SSSR count). The molecule has 3 heterocycles. The van der Waals surface area contributed by atoms with Crippen LogP contribution in [0.3, 0.4) is 0 Å². The number of anilines is 1. The first kappa shape index (κ1) is 11.9. The molecule has 0 aliphatic carbocycles. The van der Waals surface area contributed by atoms with Gasteiger partial charge in [0.15, 0.2) is 0 Å². The topological polar surface area (TPSA) is 37.4 Å². The highest BCUT2D eigenvalue weighted by molar-refractivity contribution is 5.38. The van der Waals surface area contributed by atoms with Crippen LogP contribution in [0.1, 0.15) is 19.3 Å². The standard InChI is InChI=1S/C14H21N3O/c1-2-7-16-14(5-1)17-9-3-4-13(11-17)18-12-6-8-15-10-12/h1-2,5,7,12-13,15H,3-4,6,8-11H2. The van der Waals surface area contributed by atoms with E-state index in [0.29, 0.717) is 12.2 Å². The van der Waals surface area contributed by atoms with Crippen LogP contribution in [0.2, 0.25) is 0 Å². The van der Waals surface area contributed by atoms with Gasteiger partial charge in [0.05, 0.1) is 12.2 Å². The van der Waals surface area contributed by atoms with Crippen LogP contribution in [0, 0.1) is 0 Å². The molecule has 0 aromatic carbocycles. The zero-order valence-electron chi connectivity index (χ0n) is 10.7. The maximum absolute atomic E-state index is 6.17. The van der Waals surface area contributed by atoms with Crippen molar-refractivity contribution in [1.29, 1.82) is 0 Å². The van der Waals surface area contributed by atoms with Crippen LogP contribution in [0.25, 0.3) is 0 Å². The molecule has 2 aliphatic rings. The van der Waals surface area contributed by atoms with E-state index in [1.807, 2.05) is 18.3 Å². The Morgan fingerprint density at radius 2 is 2.28 bits per heavy atom. The van der Waals surface area contributed by atoms with Crippen molar-refractivity contribution in [2.45, 2.75) is 31.5 Å². The van der Waals surface area contributed by atoms with Gasteiger partial charge in [-0.15, -0.1) is 0 Å². The van der Waals surface area contributed by atoms with Crippen molar-refractivity contribution in [2.24, 2.45) is 0 Å². The van der Waals surface area contributed by atoms with Crippen molar-refractivity contribution >= 4 is 5.82 Å². The predicted octanol–water partition coefficient (Wildman–Crippen LogP) is 1.43. The molecule has 4 heteroatoms. The van der Waals surface area contributed by atoms with Gasteiger partial charge in [0.25, 0.3) is 0 Å². The van der Waals surface area contributed by atoms with Crippen molar-refractivity contribution in [3.05, 3.63) is 24.4 Å². The average Bonchev–Trinajstić information content (AvgIpc) is 2.93. The number of aromatic nitrogens is 1. The Morgan fingerprint density at radius 1 is 1.28 bits per heavy atom. The third-order valence-corrected chi connectivity index (χ3v) is 3.75. The third kappa shape index (κ3) is 2.82. The lowest BCUT2D eigenvalue weighted by molar-refractivity contribution is -0.00753. The molecule has 0 saturated carbocycles. The van der Waals surface area contributed by atoms with Gasteiger partial charge in [-0.2, -0.15) is 0 Å². The van der Waals surface area contributed by atoms with Crippen LogP contribution in [-0.2, 0) is 4.74 Å². The first-order valence-corrected chi connectivity index (χ1v) is 6.94. The number of piperidine rings is 1. The molecule has 0 bridgehead atoms. The molecule has 98 valence electrons. The Morgan fingerprint density at radius 3 is 3.06 bits per heavy atom. The van der Waals surface area contributed by atoms with E-state index in [-0.39, 0.29) is 0 Å². The largest absolute Gasteiger partial charge is 0.372 e. The van der Waals surface area contributed by atoms with Gasteiger partial charge >= 0.3 is 0 Å².